The summed E-state index contributed by atoms with van der Waals surface area (Å²) < 4.78 is 13.1. The SMILES string of the molecule is CCn1nc(CC(C)(C)COC(=O)c2ccc(C)cc2)c2c1C(=O)NCC1(CCOCC1)C2. The van der Waals surface area contributed by atoms with Gasteiger partial charge in [0.15, 0.2) is 0 Å². The topological polar surface area (TPSA) is 82.5 Å². The Morgan fingerprint density at radius 1 is 1.24 bits per heavy atom. The molecule has 4 rings (SSSR count). The second-order valence-corrected chi connectivity index (χ2v) is 10.3. The molecule has 1 aromatic carbocycles. The highest BCUT2D eigenvalue weighted by Gasteiger charge is 2.40. The van der Waals surface area contributed by atoms with Crippen molar-refractivity contribution in [3.05, 3.63) is 52.3 Å². The smallest absolute Gasteiger partial charge is 0.338 e. The molecule has 7 heteroatoms. The molecule has 2 aliphatic heterocycles. The largest absolute Gasteiger partial charge is 0.462 e. The number of aromatic nitrogens is 2. The van der Waals surface area contributed by atoms with E-state index < -0.39 is 0 Å². The van der Waals surface area contributed by atoms with E-state index >= 15 is 0 Å². The van der Waals surface area contributed by atoms with Gasteiger partial charge in [-0.3, -0.25) is 9.48 Å². The van der Waals surface area contributed by atoms with Crippen molar-refractivity contribution in [2.45, 2.75) is 59.9 Å². The summed E-state index contributed by atoms with van der Waals surface area (Å²) in [5.74, 6) is -0.362. The average Bonchev–Trinajstić information content (AvgIpc) is 3.05. The number of benzene rings is 1. The second-order valence-electron chi connectivity index (χ2n) is 10.3. The third kappa shape index (κ3) is 5.13. The molecule has 0 atom stereocenters. The van der Waals surface area contributed by atoms with Gasteiger partial charge >= 0.3 is 5.97 Å². The molecule has 2 aromatic rings. The predicted octanol–water partition coefficient (Wildman–Crippen LogP) is 3.72. The van der Waals surface area contributed by atoms with Gasteiger partial charge in [0.2, 0.25) is 0 Å². The van der Waals surface area contributed by atoms with E-state index in [-0.39, 0.29) is 29.3 Å². The maximum atomic E-state index is 13.0. The molecule has 1 aromatic heterocycles. The van der Waals surface area contributed by atoms with E-state index in [1.54, 1.807) is 12.1 Å². The molecule has 178 valence electrons. The zero-order valence-corrected chi connectivity index (χ0v) is 20.2. The van der Waals surface area contributed by atoms with Crippen molar-refractivity contribution in [1.29, 1.82) is 0 Å². The molecule has 1 amide bonds. The first-order valence-corrected chi connectivity index (χ1v) is 11.9. The number of carbonyl (C=O) groups is 2. The lowest BCUT2D eigenvalue weighted by molar-refractivity contribution is 0.0159. The third-order valence-corrected chi connectivity index (χ3v) is 6.90. The lowest BCUT2D eigenvalue weighted by Gasteiger charge is -2.36. The predicted molar refractivity (Wildman–Crippen MR) is 125 cm³/mol. The fraction of sp³-hybridized carbons (Fsp3) is 0.577. The van der Waals surface area contributed by atoms with Crippen molar-refractivity contribution in [3.8, 4) is 0 Å². The highest BCUT2D eigenvalue weighted by molar-refractivity contribution is 5.95. The van der Waals surface area contributed by atoms with Crippen molar-refractivity contribution in [2.24, 2.45) is 10.8 Å². The minimum Gasteiger partial charge on any atom is -0.462 e. The monoisotopic (exact) mass is 453 g/mol. The summed E-state index contributed by atoms with van der Waals surface area (Å²) in [6.45, 7) is 11.2. The van der Waals surface area contributed by atoms with E-state index in [9.17, 15) is 9.59 Å². The molecule has 1 fully saturated rings. The lowest BCUT2D eigenvalue weighted by Crippen LogP contribution is -2.40. The molecule has 0 saturated carbocycles. The maximum absolute atomic E-state index is 13.0. The number of nitrogens with zero attached hydrogens (tertiary/aromatic N) is 2. The number of amides is 1. The van der Waals surface area contributed by atoms with Gasteiger partial charge in [-0.05, 0) is 50.7 Å². The maximum Gasteiger partial charge on any atom is 0.338 e. The van der Waals surface area contributed by atoms with Crippen molar-refractivity contribution in [1.82, 2.24) is 15.1 Å². The molecule has 7 nitrogen and oxygen atoms in total. The lowest BCUT2D eigenvalue weighted by atomic mass is 9.74. The second kappa shape index (κ2) is 9.29. The first-order chi connectivity index (χ1) is 15.7. The van der Waals surface area contributed by atoms with Crippen molar-refractivity contribution in [2.75, 3.05) is 26.4 Å². The van der Waals surface area contributed by atoms with Gasteiger partial charge in [0.1, 0.15) is 5.69 Å². The summed E-state index contributed by atoms with van der Waals surface area (Å²) in [4.78, 5) is 25.5. The molecular weight excluding hydrogens is 418 g/mol. The van der Waals surface area contributed by atoms with Crippen molar-refractivity contribution >= 4 is 11.9 Å². The molecule has 3 heterocycles. The number of carbonyl (C=O) groups excluding carboxylic acids is 2. The normalized spacial score (nSPS) is 17.9. The Morgan fingerprint density at radius 3 is 2.61 bits per heavy atom. The minimum atomic E-state index is -0.327. The zero-order valence-electron chi connectivity index (χ0n) is 20.2. The first kappa shape index (κ1) is 23.5. The third-order valence-electron chi connectivity index (χ3n) is 6.90. The number of hydrogen-bond donors (Lipinski definition) is 1. The molecule has 1 spiro atoms. The van der Waals surface area contributed by atoms with Gasteiger partial charge in [-0.25, -0.2) is 4.79 Å². The Hall–Kier alpha value is -2.67. The summed E-state index contributed by atoms with van der Waals surface area (Å²) in [6.07, 6.45) is 3.31. The van der Waals surface area contributed by atoms with Crippen LogP contribution in [0.2, 0.25) is 0 Å². The highest BCUT2D eigenvalue weighted by atomic mass is 16.5. The van der Waals surface area contributed by atoms with Crippen LogP contribution < -0.4 is 5.32 Å². The van der Waals surface area contributed by atoms with Gasteiger partial charge in [-0.2, -0.15) is 5.10 Å². The fourth-order valence-corrected chi connectivity index (χ4v) is 4.84. The molecule has 0 aliphatic carbocycles. The summed E-state index contributed by atoms with van der Waals surface area (Å²) >= 11 is 0. The Morgan fingerprint density at radius 2 is 1.94 bits per heavy atom. The van der Waals surface area contributed by atoms with Gasteiger partial charge in [0, 0.05) is 43.7 Å². The number of ether oxygens (including phenoxy) is 2. The Balaban J connectivity index is 1.54. The van der Waals surface area contributed by atoms with E-state index in [1.807, 2.05) is 30.7 Å². The van der Waals surface area contributed by atoms with E-state index in [4.69, 9.17) is 14.6 Å². The van der Waals surface area contributed by atoms with Gasteiger partial charge in [0.05, 0.1) is 17.9 Å². The summed E-state index contributed by atoms with van der Waals surface area (Å²) in [5.41, 5.74) is 4.01. The summed E-state index contributed by atoms with van der Waals surface area (Å²) in [5, 5.41) is 7.99. The Kier molecular flexibility index (Phi) is 6.61. The average molecular weight is 454 g/mol. The highest BCUT2D eigenvalue weighted by Crippen LogP contribution is 2.38. The van der Waals surface area contributed by atoms with Crippen LogP contribution in [0.25, 0.3) is 0 Å². The van der Waals surface area contributed by atoms with Gasteiger partial charge in [-0.15, -0.1) is 0 Å². The zero-order chi connectivity index (χ0) is 23.6. The van der Waals surface area contributed by atoms with Crippen LogP contribution in [0.3, 0.4) is 0 Å². The van der Waals surface area contributed by atoms with Crippen LogP contribution in [0.4, 0.5) is 0 Å². The molecule has 2 aliphatic rings. The van der Waals surface area contributed by atoms with Crippen LogP contribution in [-0.2, 0) is 28.9 Å². The molecule has 0 radical (unpaired) electrons. The van der Waals surface area contributed by atoms with Crippen molar-refractivity contribution in [3.63, 3.8) is 0 Å². The molecule has 33 heavy (non-hydrogen) atoms. The van der Waals surface area contributed by atoms with E-state index in [1.165, 1.54) is 0 Å². The molecule has 1 saturated heterocycles. The molecular formula is C26H35N3O4. The van der Waals surface area contributed by atoms with Crippen LogP contribution in [0.1, 0.15) is 71.3 Å². The van der Waals surface area contributed by atoms with Crippen LogP contribution in [0, 0.1) is 17.8 Å². The number of fused-ring (bicyclic) bond motifs is 1. The van der Waals surface area contributed by atoms with Crippen LogP contribution in [0.15, 0.2) is 24.3 Å². The van der Waals surface area contributed by atoms with Crippen molar-refractivity contribution < 1.29 is 19.1 Å². The summed E-state index contributed by atoms with van der Waals surface area (Å²) in [7, 11) is 0. The van der Waals surface area contributed by atoms with E-state index in [2.05, 4.69) is 19.2 Å². The number of nitrogens with one attached hydrogen (secondary N) is 1. The van der Waals surface area contributed by atoms with Crippen LogP contribution >= 0.6 is 0 Å². The van der Waals surface area contributed by atoms with Crippen LogP contribution in [0.5, 0.6) is 0 Å². The Labute approximate surface area is 195 Å². The minimum absolute atomic E-state index is 0.0115. The number of esters is 1. The first-order valence-electron chi connectivity index (χ1n) is 11.9. The van der Waals surface area contributed by atoms with Crippen LogP contribution in [-0.4, -0.2) is 48.0 Å². The van der Waals surface area contributed by atoms with Gasteiger partial charge < -0.3 is 14.8 Å². The van der Waals surface area contributed by atoms with Gasteiger partial charge in [0.25, 0.3) is 5.91 Å². The summed E-state index contributed by atoms with van der Waals surface area (Å²) in [6, 6.07) is 7.40. The standard InChI is InChI=1S/C26H35N3O4/c1-5-29-22-20(14-26(16-27-23(22)30)10-12-32-13-11-26)21(28-29)15-25(3,4)17-33-24(31)19-8-6-18(2)7-9-19/h6-9H,5,10-17H2,1-4H3,(H,27,30). The van der Waals surface area contributed by atoms with E-state index in [0.717, 1.165) is 49.3 Å². The Bertz CT molecular complexity index is 1020. The van der Waals surface area contributed by atoms with E-state index in [0.29, 0.717) is 30.8 Å². The quantitative estimate of drug-likeness (QED) is 0.674. The van der Waals surface area contributed by atoms with Gasteiger partial charge in [-0.1, -0.05) is 31.5 Å². The number of aryl methyl sites for hydroxylation is 2. The molecule has 0 bridgehead atoms. The number of rotatable bonds is 6. The fourth-order valence-electron chi connectivity index (χ4n) is 4.84. The number of hydrogen-bond acceptors (Lipinski definition) is 5. The molecule has 1 N–H and O–H groups in total. The molecule has 0 unspecified atom stereocenters.